The van der Waals surface area contributed by atoms with Crippen LogP contribution in [0.2, 0.25) is 0 Å². The monoisotopic (exact) mass is 558 g/mol. The van der Waals surface area contributed by atoms with Gasteiger partial charge in [0.25, 0.3) is 11.6 Å². The molecule has 0 aliphatic rings. The molecule has 2 aromatic heterocycles. The number of nitrogens with one attached hydrogen (secondary N) is 1. The topological polar surface area (TPSA) is 103 Å². The Balaban J connectivity index is 0.00000370. The summed E-state index contributed by atoms with van der Waals surface area (Å²) >= 11 is 0. The molecule has 3 aromatic carbocycles. The lowest BCUT2D eigenvalue weighted by Crippen LogP contribution is -2.29. The zero-order valence-corrected chi connectivity index (χ0v) is 23.2. The number of ether oxygens (including phenoxy) is 1. The molecule has 8 nitrogen and oxygen atoms in total. The Hall–Kier alpha value is -4.43. The van der Waals surface area contributed by atoms with Crippen molar-refractivity contribution in [3.63, 3.8) is 0 Å². The van der Waals surface area contributed by atoms with Gasteiger partial charge in [-0.1, -0.05) is 97.4 Å². The first-order chi connectivity index (χ1) is 19.1. The summed E-state index contributed by atoms with van der Waals surface area (Å²) in [7, 11) is 1.55. The highest BCUT2D eigenvalue weighted by molar-refractivity contribution is 5.85. The summed E-state index contributed by atoms with van der Waals surface area (Å²) in [5.41, 5.74) is 6.03. The molecule has 40 heavy (non-hydrogen) atoms. The third-order valence-electron chi connectivity index (χ3n) is 6.71. The molecule has 0 radical (unpaired) electrons. The molecule has 5 rings (SSSR count). The minimum Gasteiger partial charge on any atom is -0.468 e. The average molecular weight is 559 g/mol. The molecule has 0 saturated heterocycles. The Bertz CT molecular complexity index is 1670. The molecule has 0 unspecified atom stereocenters. The van der Waals surface area contributed by atoms with Crippen molar-refractivity contribution in [2.45, 2.75) is 39.2 Å². The molecular weight excluding hydrogens is 528 g/mol. The quantitative estimate of drug-likeness (QED) is 0.237. The van der Waals surface area contributed by atoms with E-state index in [2.05, 4.69) is 17.1 Å². The van der Waals surface area contributed by atoms with Crippen molar-refractivity contribution in [1.29, 1.82) is 0 Å². The number of aryl methyl sites for hydroxylation is 1. The Kier molecular flexibility index (Phi) is 9.35. The molecule has 5 aromatic rings. The third-order valence-corrected chi connectivity index (χ3v) is 6.71. The second-order valence-corrected chi connectivity index (χ2v) is 9.37. The van der Waals surface area contributed by atoms with Gasteiger partial charge >= 0.3 is 5.76 Å². The summed E-state index contributed by atoms with van der Waals surface area (Å²) in [6, 6.07) is 25.9. The fraction of sp³-hybridized carbons (Fsp3) is 0.226. The van der Waals surface area contributed by atoms with E-state index in [1.165, 1.54) is 0 Å². The maximum absolute atomic E-state index is 13.8. The standard InChI is InChI=1S/C31H30N4O4.ClH/c1-3-4-14-27-26(29(36)35(30(32-27)38-2)20-22-10-6-5-7-11-22)19-21-15-17-23(18-16-21)24-12-8-9-13-25(24)28-33-31(37)39-34-28;/h5-13,15-18H,3-4,14,19-20H2,1-2H3,(H,33,34,37);1H. The molecule has 0 fully saturated rings. The summed E-state index contributed by atoms with van der Waals surface area (Å²) < 4.78 is 11.9. The number of halogens is 1. The van der Waals surface area contributed by atoms with Crippen molar-refractivity contribution >= 4 is 12.4 Å². The van der Waals surface area contributed by atoms with Gasteiger partial charge < -0.3 is 4.74 Å². The Labute approximate surface area is 238 Å². The van der Waals surface area contributed by atoms with Crippen LogP contribution < -0.4 is 16.1 Å². The van der Waals surface area contributed by atoms with E-state index < -0.39 is 5.76 Å². The van der Waals surface area contributed by atoms with E-state index in [1.807, 2.05) is 78.9 Å². The molecule has 0 amide bonds. The van der Waals surface area contributed by atoms with Gasteiger partial charge in [0.1, 0.15) is 0 Å². The molecule has 9 heteroatoms. The number of unbranched alkanes of at least 4 members (excludes halogenated alkanes) is 1. The summed E-state index contributed by atoms with van der Waals surface area (Å²) in [5.74, 6) is -0.219. The number of hydrogen-bond donors (Lipinski definition) is 1. The number of aromatic amines is 1. The van der Waals surface area contributed by atoms with Crippen molar-refractivity contribution in [2.75, 3.05) is 7.11 Å². The van der Waals surface area contributed by atoms with Crippen molar-refractivity contribution in [3.8, 4) is 28.5 Å². The number of benzene rings is 3. The fourth-order valence-electron chi connectivity index (χ4n) is 4.70. The Morgan fingerprint density at radius 3 is 2.25 bits per heavy atom. The van der Waals surface area contributed by atoms with Gasteiger partial charge in [-0.15, -0.1) is 12.4 Å². The minimum atomic E-state index is -0.597. The molecule has 0 aliphatic heterocycles. The van der Waals surface area contributed by atoms with Gasteiger partial charge in [0.2, 0.25) is 0 Å². The van der Waals surface area contributed by atoms with Crippen molar-refractivity contribution in [2.24, 2.45) is 0 Å². The number of hydrogen-bond acceptors (Lipinski definition) is 6. The van der Waals surface area contributed by atoms with Gasteiger partial charge in [0.05, 0.1) is 19.3 Å². The number of aromatic nitrogens is 4. The Morgan fingerprint density at radius 1 is 0.900 bits per heavy atom. The first-order valence-electron chi connectivity index (χ1n) is 13.0. The first-order valence-corrected chi connectivity index (χ1v) is 13.0. The van der Waals surface area contributed by atoms with Gasteiger partial charge in [0, 0.05) is 17.5 Å². The second-order valence-electron chi connectivity index (χ2n) is 9.37. The lowest BCUT2D eigenvalue weighted by molar-refractivity contribution is 0.348. The molecule has 0 aliphatic carbocycles. The number of methoxy groups -OCH3 is 1. The van der Waals surface area contributed by atoms with Gasteiger partial charge in [-0.2, -0.15) is 0 Å². The Morgan fingerprint density at radius 2 is 1.60 bits per heavy atom. The van der Waals surface area contributed by atoms with Gasteiger partial charge in [-0.05, 0) is 35.1 Å². The first kappa shape index (κ1) is 28.6. The van der Waals surface area contributed by atoms with Crippen LogP contribution in [0.15, 0.2) is 93.0 Å². The maximum Gasteiger partial charge on any atom is 0.439 e. The predicted molar refractivity (Wildman–Crippen MR) is 157 cm³/mol. The van der Waals surface area contributed by atoms with Crippen LogP contribution in [-0.4, -0.2) is 26.8 Å². The molecule has 2 heterocycles. The van der Waals surface area contributed by atoms with Gasteiger partial charge in [-0.25, -0.2) is 9.78 Å². The third kappa shape index (κ3) is 6.24. The summed E-state index contributed by atoms with van der Waals surface area (Å²) in [4.78, 5) is 32.7. The lowest BCUT2D eigenvalue weighted by atomic mass is 9.96. The fourth-order valence-corrected chi connectivity index (χ4v) is 4.70. The van der Waals surface area contributed by atoms with Gasteiger partial charge in [0.15, 0.2) is 5.82 Å². The molecule has 0 spiro atoms. The minimum absolute atomic E-state index is 0. The summed E-state index contributed by atoms with van der Waals surface area (Å²) in [6.07, 6.45) is 3.11. The van der Waals surface area contributed by atoms with E-state index in [0.717, 1.165) is 46.4 Å². The largest absolute Gasteiger partial charge is 0.468 e. The van der Waals surface area contributed by atoms with E-state index in [9.17, 15) is 9.59 Å². The SMILES string of the molecule is CCCCc1nc(OC)n(Cc2ccccc2)c(=O)c1Cc1ccc(-c2ccccc2-c2noc(=O)[nH]2)cc1.Cl. The highest BCUT2D eigenvalue weighted by Crippen LogP contribution is 2.30. The van der Waals surface area contributed by atoms with Crippen LogP contribution in [0.4, 0.5) is 0 Å². The van der Waals surface area contributed by atoms with Crippen LogP contribution in [-0.2, 0) is 19.4 Å². The zero-order valence-electron chi connectivity index (χ0n) is 22.4. The van der Waals surface area contributed by atoms with E-state index >= 15 is 0 Å². The van der Waals surface area contributed by atoms with Crippen molar-refractivity contribution in [3.05, 3.63) is 122 Å². The van der Waals surface area contributed by atoms with Crippen molar-refractivity contribution < 1.29 is 9.26 Å². The molecular formula is C31H31ClN4O4. The van der Waals surface area contributed by atoms with Crippen LogP contribution in [0.25, 0.3) is 22.5 Å². The summed E-state index contributed by atoms with van der Waals surface area (Å²) in [5, 5.41) is 3.84. The van der Waals surface area contributed by atoms with E-state index in [0.29, 0.717) is 36.8 Å². The summed E-state index contributed by atoms with van der Waals surface area (Å²) in [6.45, 7) is 2.51. The molecule has 0 bridgehead atoms. The van der Waals surface area contributed by atoms with Crippen LogP contribution in [0.1, 0.15) is 42.1 Å². The smallest absolute Gasteiger partial charge is 0.439 e. The number of rotatable bonds is 10. The second kappa shape index (κ2) is 13.1. The van der Waals surface area contributed by atoms with Crippen molar-refractivity contribution in [1.82, 2.24) is 19.7 Å². The number of nitrogens with zero attached hydrogens (tertiary/aromatic N) is 3. The normalized spacial score (nSPS) is 10.8. The predicted octanol–water partition coefficient (Wildman–Crippen LogP) is 5.67. The van der Waals surface area contributed by atoms with Crippen LogP contribution in [0.5, 0.6) is 6.01 Å². The van der Waals surface area contributed by atoms with Gasteiger partial charge in [-0.3, -0.25) is 18.9 Å². The molecule has 0 atom stereocenters. The molecule has 1 N–H and O–H groups in total. The van der Waals surface area contributed by atoms with Crippen LogP contribution >= 0.6 is 12.4 Å². The zero-order chi connectivity index (χ0) is 27.2. The highest BCUT2D eigenvalue weighted by Gasteiger charge is 2.18. The number of H-pyrrole nitrogens is 1. The maximum atomic E-state index is 13.8. The highest BCUT2D eigenvalue weighted by atomic mass is 35.5. The molecule has 0 saturated carbocycles. The average Bonchev–Trinajstić information content (AvgIpc) is 3.41. The van der Waals surface area contributed by atoms with E-state index in [1.54, 1.807) is 11.7 Å². The van der Waals surface area contributed by atoms with Crippen LogP contribution in [0, 0.1) is 0 Å². The molecule has 206 valence electrons. The van der Waals surface area contributed by atoms with E-state index in [4.69, 9.17) is 14.2 Å². The lowest BCUT2D eigenvalue weighted by Gasteiger charge is -2.16. The van der Waals surface area contributed by atoms with Crippen LogP contribution in [0.3, 0.4) is 0 Å². The van der Waals surface area contributed by atoms with E-state index in [-0.39, 0.29) is 18.0 Å².